The van der Waals surface area contributed by atoms with E-state index in [4.69, 9.17) is 14.2 Å². The largest absolute Gasteiger partial charge is 0.497 e. The zero-order valence-electron chi connectivity index (χ0n) is 12.8. The van der Waals surface area contributed by atoms with Crippen molar-refractivity contribution in [3.8, 4) is 11.5 Å². The fourth-order valence-electron chi connectivity index (χ4n) is 2.39. The quantitative estimate of drug-likeness (QED) is 0.850. The molecule has 1 aromatic carbocycles. The molecule has 0 N–H and O–H groups in total. The van der Waals surface area contributed by atoms with E-state index in [2.05, 4.69) is 4.90 Å². The zero-order chi connectivity index (χ0) is 15.2. The van der Waals surface area contributed by atoms with E-state index < -0.39 is 0 Å². The normalized spacial score (nSPS) is 14.8. The molecular weight excluding hydrogens is 272 g/mol. The maximum absolute atomic E-state index is 11.7. The molecule has 0 aliphatic carbocycles. The van der Waals surface area contributed by atoms with Crippen molar-refractivity contribution < 1.29 is 19.0 Å². The molecule has 1 amide bonds. The van der Waals surface area contributed by atoms with Crippen LogP contribution in [0.1, 0.15) is 6.92 Å². The Morgan fingerprint density at radius 2 is 1.86 bits per heavy atom. The fourth-order valence-corrected chi connectivity index (χ4v) is 2.39. The highest BCUT2D eigenvalue weighted by Gasteiger charge is 2.23. The second kappa shape index (κ2) is 7.06. The third kappa shape index (κ3) is 3.51. The lowest BCUT2D eigenvalue weighted by atomic mass is 10.2. The van der Waals surface area contributed by atoms with Gasteiger partial charge >= 0.3 is 6.09 Å². The van der Waals surface area contributed by atoms with Crippen LogP contribution in [0.3, 0.4) is 0 Å². The molecule has 1 aliphatic rings. The van der Waals surface area contributed by atoms with Crippen molar-refractivity contribution >= 4 is 11.8 Å². The highest BCUT2D eigenvalue weighted by molar-refractivity contribution is 5.68. The standard InChI is InChI=1S/C15H22N2O4/c1-4-21-15(18)17-9-7-16(8-10-17)13-6-5-12(19-2)11-14(13)20-3/h5-6,11H,4,7-10H2,1-3H3. The Hall–Kier alpha value is -2.11. The maximum Gasteiger partial charge on any atom is 0.409 e. The van der Waals surface area contributed by atoms with Gasteiger partial charge in [-0.1, -0.05) is 0 Å². The Bertz CT molecular complexity index is 485. The van der Waals surface area contributed by atoms with Crippen LogP contribution < -0.4 is 14.4 Å². The summed E-state index contributed by atoms with van der Waals surface area (Å²) in [6.07, 6.45) is -0.237. The van der Waals surface area contributed by atoms with E-state index in [0.717, 1.165) is 30.3 Å². The van der Waals surface area contributed by atoms with Crippen molar-refractivity contribution in [2.75, 3.05) is 51.9 Å². The lowest BCUT2D eigenvalue weighted by Crippen LogP contribution is -2.49. The molecule has 0 atom stereocenters. The van der Waals surface area contributed by atoms with Crippen LogP contribution in [0, 0.1) is 0 Å². The number of ether oxygens (including phenoxy) is 3. The van der Waals surface area contributed by atoms with Gasteiger partial charge in [-0.05, 0) is 19.1 Å². The first-order chi connectivity index (χ1) is 10.2. The minimum atomic E-state index is -0.237. The Balaban J connectivity index is 2.03. The number of anilines is 1. The average molecular weight is 294 g/mol. The zero-order valence-corrected chi connectivity index (χ0v) is 12.8. The SMILES string of the molecule is CCOC(=O)N1CCN(c2ccc(OC)cc2OC)CC1. The van der Waals surface area contributed by atoms with E-state index in [1.54, 1.807) is 19.1 Å². The highest BCUT2D eigenvalue weighted by Crippen LogP contribution is 2.32. The number of rotatable bonds is 4. The van der Waals surface area contributed by atoms with Gasteiger partial charge in [0.15, 0.2) is 0 Å². The first-order valence-electron chi connectivity index (χ1n) is 7.08. The molecule has 0 spiro atoms. The second-order valence-corrected chi connectivity index (χ2v) is 4.71. The number of nitrogens with zero attached hydrogens (tertiary/aromatic N) is 2. The van der Waals surface area contributed by atoms with Gasteiger partial charge in [0.05, 0.1) is 26.5 Å². The molecule has 6 nitrogen and oxygen atoms in total. The van der Waals surface area contributed by atoms with E-state index >= 15 is 0 Å². The third-order valence-corrected chi connectivity index (χ3v) is 3.53. The molecule has 6 heteroatoms. The smallest absolute Gasteiger partial charge is 0.409 e. The number of benzene rings is 1. The predicted octanol–water partition coefficient (Wildman–Crippen LogP) is 1.98. The Labute approximate surface area is 125 Å². The lowest BCUT2D eigenvalue weighted by molar-refractivity contribution is 0.105. The topological polar surface area (TPSA) is 51.2 Å². The minimum Gasteiger partial charge on any atom is -0.497 e. The van der Waals surface area contributed by atoms with Crippen LogP contribution in [-0.2, 0) is 4.74 Å². The van der Waals surface area contributed by atoms with Crippen LogP contribution in [0.15, 0.2) is 18.2 Å². The number of carbonyl (C=O) groups is 1. The van der Waals surface area contributed by atoms with E-state index in [1.807, 2.05) is 25.1 Å². The number of carbonyl (C=O) groups excluding carboxylic acids is 1. The Kier molecular flexibility index (Phi) is 5.14. The van der Waals surface area contributed by atoms with Crippen molar-refractivity contribution in [3.63, 3.8) is 0 Å². The first kappa shape index (κ1) is 15.3. The number of hydrogen-bond acceptors (Lipinski definition) is 5. The van der Waals surface area contributed by atoms with Crippen molar-refractivity contribution in [1.29, 1.82) is 0 Å². The van der Waals surface area contributed by atoms with Crippen molar-refractivity contribution in [2.24, 2.45) is 0 Å². The molecule has 1 saturated heterocycles. The summed E-state index contributed by atoms with van der Waals surface area (Å²) in [5.74, 6) is 1.54. The van der Waals surface area contributed by atoms with Crippen LogP contribution in [0.25, 0.3) is 0 Å². The van der Waals surface area contributed by atoms with E-state index in [-0.39, 0.29) is 6.09 Å². The molecule has 0 aromatic heterocycles. The summed E-state index contributed by atoms with van der Waals surface area (Å²) in [6.45, 7) is 5.02. The van der Waals surface area contributed by atoms with Gasteiger partial charge in [0.25, 0.3) is 0 Å². The third-order valence-electron chi connectivity index (χ3n) is 3.53. The van der Waals surface area contributed by atoms with Crippen LogP contribution >= 0.6 is 0 Å². The number of hydrogen-bond donors (Lipinski definition) is 0. The molecule has 2 rings (SSSR count). The number of amides is 1. The van der Waals surface area contributed by atoms with Gasteiger partial charge in [-0.2, -0.15) is 0 Å². The van der Waals surface area contributed by atoms with E-state index in [9.17, 15) is 4.79 Å². The molecule has 1 fully saturated rings. The van der Waals surface area contributed by atoms with Crippen molar-refractivity contribution in [2.45, 2.75) is 6.92 Å². The van der Waals surface area contributed by atoms with Gasteiger partial charge < -0.3 is 24.0 Å². The van der Waals surface area contributed by atoms with Gasteiger partial charge in [0.2, 0.25) is 0 Å². The molecule has 21 heavy (non-hydrogen) atoms. The summed E-state index contributed by atoms with van der Waals surface area (Å²) in [7, 11) is 3.28. The maximum atomic E-state index is 11.7. The molecule has 0 radical (unpaired) electrons. The summed E-state index contributed by atoms with van der Waals surface area (Å²) in [5, 5.41) is 0. The number of methoxy groups -OCH3 is 2. The lowest BCUT2D eigenvalue weighted by Gasteiger charge is -2.36. The van der Waals surface area contributed by atoms with E-state index in [0.29, 0.717) is 19.7 Å². The summed E-state index contributed by atoms with van der Waals surface area (Å²) in [6, 6.07) is 5.76. The second-order valence-electron chi connectivity index (χ2n) is 4.71. The molecular formula is C15H22N2O4. The van der Waals surface area contributed by atoms with Crippen LogP contribution in [0.5, 0.6) is 11.5 Å². The molecule has 1 aliphatic heterocycles. The summed E-state index contributed by atoms with van der Waals surface area (Å²) in [5.41, 5.74) is 1.02. The van der Waals surface area contributed by atoms with Gasteiger partial charge in [0, 0.05) is 32.2 Å². The van der Waals surface area contributed by atoms with Crippen molar-refractivity contribution in [1.82, 2.24) is 4.90 Å². The molecule has 0 bridgehead atoms. The molecule has 0 saturated carbocycles. The summed E-state index contributed by atoms with van der Waals surface area (Å²) >= 11 is 0. The van der Waals surface area contributed by atoms with Crippen LogP contribution in [0.2, 0.25) is 0 Å². The average Bonchev–Trinajstić information content (AvgIpc) is 2.54. The highest BCUT2D eigenvalue weighted by atomic mass is 16.6. The van der Waals surface area contributed by atoms with Crippen LogP contribution in [-0.4, -0.2) is 58.0 Å². The fraction of sp³-hybridized carbons (Fsp3) is 0.533. The Morgan fingerprint density at radius 3 is 2.43 bits per heavy atom. The molecule has 0 unspecified atom stereocenters. The monoisotopic (exact) mass is 294 g/mol. The summed E-state index contributed by atoms with van der Waals surface area (Å²) in [4.78, 5) is 15.6. The van der Waals surface area contributed by atoms with Gasteiger partial charge in [-0.3, -0.25) is 0 Å². The van der Waals surface area contributed by atoms with Crippen molar-refractivity contribution in [3.05, 3.63) is 18.2 Å². The van der Waals surface area contributed by atoms with E-state index in [1.165, 1.54) is 0 Å². The van der Waals surface area contributed by atoms with Gasteiger partial charge in [-0.15, -0.1) is 0 Å². The number of piperazine rings is 1. The molecule has 116 valence electrons. The minimum absolute atomic E-state index is 0.237. The first-order valence-corrected chi connectivity index (χ1v) is 7.08. The summed E-state index contributed by atoms with van der Waals surface area (Å²) < 4.78 is 15.7. The molecule has 1 aromatic rings. The molecule has 1 heterocycles. The van der Waals surface area contributed by atoms with Gasteiger partial charge in [0.1, 0.15) is 11.5 Å². The van der Waals surface area contributed by atoms with Crippen LogP contribution in [0.4, 0.5) is 10.5 Å². The Morgan fingerprint density at radius 1 is 1.14 bits per heavy atom. The predicted molar refractivity (Wildman–Crippen MR) is 80.4 cm³/mol. The van der Waals surface area contributed by atoms with Gasteiger partial charge in [-0.25, -0.2) is 4.79 Å².